The highest BCUT2D eigenvalue weighted by Gasteiger charge is 2.12. The van der Waals surface area contributed by atoms with Gasteiger partial charge in [-0.1, -0.05) is 29.5 Å². The second kappa shape index (κ2) is 3.71. The predicted octanol–water partition coefficient (Wildman–Crippen LogP) is 3.80. The second-order valence-corrected chi connectivity index (χ2v) is 4.73. The molecule has 0 aliphatic rings. The molecule has 0 spiro atoms. The van der Waals surface area contributed by atoms with Crippen LogP contribution < -0.4 is 0 Å². The van der Waals surface area contributed by atoms with Gasteiger partial charge in [0.05, 0.1) is 15.5 Å². The minimum absolute atomic E-state index is 0.165. The quantitative estimate of drug-likeness (QED) is 0.550. The predicted molar refractivity (Wildman–Crippen MR) is 68.3 cm³/mol. The molecule has 0 unspecified atom stereocenters. The molecule has 0 saturated heterocycles. The average molecular weight is 244 g/mol. The van der Waals surface area contributed by atoms with E-state index in [1.165, 1.54) is 17.4 Å². The van der Waals surface area contributed by atoms with Gasteiger partial charge >= 0.3 is 5.00 Å². The fourth-order valence-corrected chi connectivity index (χ4v) is 2.57. The van der Waals surface area contributed by atoms with Gasteiger partial charge in [0.2, 0.25) is 0 Å². The van der Waals surface area contributed by atoms with Crippen LogP contribution in [0.25, 0.3) is 21.5 Å². The molecule has 1 N–H and O–H groups in total. The van der Waals surface area contributed by atoms with Gasteiger partial charge in [0, 0.05) is 17.0 Å². The van der Waals surface area contributed by atoms with E-state index in [9.17, 15) is 10.1 Å². The van der Waals surface area contributed by atoms with Gasteiger partial charge in [-0.05, 0) is 18.2 Å². The van der Waals surface area contributed by atoms with Crippen molar-refractivity contribution in [2.75, 3.05) is 0 Å². The first-order valence-electron chi connectivity index (χ1n) is 5.06. The van der Waals surface area contributed by atoms with Gasteiger partial charge in [-0.2, -0.15) is 0 Å². The maximum atomic E-state index is 10.6. The molecular weight excluding hydrogens is 236 g/mol. The zero-order valence-corrected chi connectivity index (χ0v) is 9.53. The zero-order chi connectivity index (χ0) is 11.8. The Morgan fingerprint density at radius 1 is 1.18 bits per heavy atom. The standard InChI is InChI=1S/C12H8N2O2S/c15-14(16)12-6-5-11(17-12)10-7-8-3-1-2-4-9(8)13-10/h1-7,13H. The molecule has 0 fully saturated rings. The Bertz CT molecular complexity index is 666. The van der Waals surface area contributed by atoms with E-state index in [0.717, 1.165) is 21.5 Å². The lowest BCUT2D eigenvalue weighted by atomic mass is 10.2. The summed E-state index contributed by atoms with van der Waals surface area (Å²) in [6.45, 7) is 0. The van der Waals surface area contributed by atoms with Crippen molar-refractivity contribution < 1.29 is 4.92 Å². The van der Waals surface area contributed by atoms with Gasteiger partial charge in [-0.25, -0.2) is 0 Å². The number of thiophene rings is 1. The first-order chi connectivity index (χ1) is 8.24. The molecule has 17 heavy (non-hydrogen) atoms. The van der Waals surface area contributed by atoms with E-state index in [1.54, 1.807) is 6.07 Å². The van der Waals surface area contributed by atoms with Crippen molar-refractivity contribution in [3.63, 3.8) is 0 Å². The molecule has 2 heterocycles. The number of nitrogens with one attached hydrogen (secondary N) is 1. The van der Waals surface area contributed by atoms with Crippen molar-refractivity contribution >= 4 is 27.2 Å². The van der Waals surface area contributed by atoms with Gasteiger partial charge in [-0.15, -0.1) is 0 Å². The number of aromatic amines is 1. The number of nitro groups is 1. The van der Waals surface area contributed by atoms with Crippen LogP contribution in [0.5, 0.6) is 0 Å². The smallest absolute Gasteiger partial charge is 0.324 e. The summed E-state index contributed by atoms with van der Waals surface area (Å²) >= 11 is 1.18. The number of fused-ring (bicyclic) bond motifs is 1. The molecular formula is C12H8N2O2S. The zero-order valence-electron chi connectivity index (χ0n) is 8.71. The lowest BCUT2D eigenvalue weighted by molar-refractivity contribution is -0.380. The monoisotopic (exact) mass is 244 g/mol. The largest absolute Gasteiger partial charge is 0.354 e. The van der Waals surface area contributed by atoms with E-state index in [1.807, 2.05) is 30.3 Å². The number of rotatable bonds is 2. The molecule has 0 atom stereocenters. The number of hydrogen-bond acceptors (Lipinski definition) is 3. The number of nitrogens with zero attached hydrogens (tertiary/aromatic N) is 1. The lowest BCUT2D eigenvalue weighted by Crippen LogP contribution is -1.80. The van der Waals surface area contributed by atoms with Crippen LogP contribution in [0, 0.1) is 10.1 Å². The highest BCUT2D eigenvalue weighted by Crippen LogP contribution is 2.33. The maximum Gasteiger partial charge on any atom is 0.324 e. The highest BCUT2D eigenvalue weighted by atomic mass is 32.1. The molecule has 84 valence electrons. The number of H-pyrrole nitrogens is 1. The highest BCUT2D eigenvalue weighted by molar-refractivity contribution is 7.18. The van der Waals surface area contributed by atoms with Crippen molar-refractivity contribution in [3.8, 4) is 10.6 Å². The summed E-state index contributed by atoms with van der Waals surface area (Å²) in [5.41, 5.74) is 1.96. The average Bonchev–Trinajstić information content (AvgIpc) is 2.95. The molecule has 0 radical (unpaired) electrons. The third-order valence-corrected chi connectivity index (χ3v) is 3.64. The van der Waals surface area contributed by atoms with E-state index in [4.69, 9.17) is 0 Å². The van der Waals surface area contributed by atoms with Gasteiger partial charge in [0.25, 0.3) is 0 Å². The summed E-state index contributed by atoms with van der Waals surface area (Å²) in [5.74, 6) is 0. The molecule has 1 aromatic carbocycles. The maximum absolute atomic E-state index is 10.6. The Labute approximate surface area is 101 Å². The van der Waals surface area contributed by atoms with Crippen LogP contribution in [0.1, 0.15) is 0 Å². The number of hydrogen-bond donors (Lipinski definition) is 1. The Morgan fingerprint density at radius 2 is 2.00 bits per heavy atom. The fraction of sp³-hybridized carbons (Fsp3) is 0. The summed E-state index contributed by atoms with van der Waals surface area (Å²) in [4.78, 5) is 14.4. The molecule has 0 aliphatic heterocycles. The molecule has 4 nitrogen and oxygen atoms in total. The molecule has 0 aliphatic carbocycles. The van der Waals surface area contributed by atoms with Crippen molar-refractivity contribution in [1.29, 1.82) is 0 Å². The topological polar surface area (TPSA) is 58.9 Å². The Morgan fingerprint density at radius 3 is 2.71 bits per heavy atom. The first-order valence-corrected chi connectivity index (χ1v) is 5.88. The van der Waals surface area contributed by atoms with Crippen LogP contribution in [0.2, 0.25) is 0 Å². The summed E-state index contributed by atoms with van der Waals surface area (Å²) in [7, 11) is 0. The van der Waals surface area contributed by atoms with Crippen molar-refractivity contribution in [2.45, 2.75) is 0 Å². The number of para-hydroxylation sites is 1. The summed E-state index contributed by atoms with van der Waals surface area (Å²) in [6.07, 6.45) is 0. The lowest BCUT2D eigenvalue weighted by Gasteiger charge is -1.88. The van der Waals surface area contributed by atoms with Gasteiger partial charge in [-0.3, -0.25) is 10.1 Å². The molecule has 2 aromatic heterocycles. The third kappa shape index (κ3) is 1.70. The SMILES string of the molecule is O=[N+]([O-])c1ccc(-c2cc3ccccc3[nH]2)s1. The van der Waals surface area contributed by atoms with Crippen LogP contribution in [0.3, 0.4) is 0 Å². The molecule has 0 bridgehead atoms. The summed E-state index contributed by atoms with van der Waals surface area (Å²) in [6, 6.07) is 13.2. The minimum atomic E-state index is -0.364. The summed E-state index contributed by atoms with van der Waals surface area (Å²) < 4.78 is 0. The molecule has 5 heteroatoms. The first kappa shape index (κ1) is 10.0. The Hall–Kier alpha value is -2.14. The van der Waals surface area contributed by atoms with E-state index in [2.05, 4.69) is 4.98 Å². The van der Waals surface area contributed by atoms with E-state index in [-0.39, 0.29) is 9.92 Å². The summed E-state index contributed by atoms with van der Waals surface area (Å²) in [5, 5.41) is 11.9. The fourth-order valence-electron chi connectivity index (χ4n) is 1.78. The normalized spacial score (nSPS) is 10.8. The van der Waals surface area contributed by atoms with Crippen LogP contribution in [-0.2, 0) is 0 Å². The van der Waals surface area contributed by atoms with Crippen molar-refractivity contribution in [1.82, 2.24) is 4.98 Å². The molecule has 3 rings (SSSR count). The van der Waals surface area contributed by atoms with E-state index >= 15 is 0 Å². The molecule has 3 aromatic rings. The van der Waals surface area contributed by atoms with Crippen LogP contribution in [0.4, 0.5) is 5.00 Å². The second-order valence-electron chi connectivity index (χ2n) is 3.67. The Kier molecular flexibility index (Phi) is 2.19. The van der Waals surface area contributed by atoms with Crippen LogP contribution >= 0.6 is 11.3 Å². The molecule has 0 amide bonds. The van der Waals surface area contributed by atoms with Gasteiger partial charge in [0.15, 0.2) is 0 Å². The van der Waals surface area contributed by atoms with Gasteiger partial charge < -0.3 is 4.98 Å². The number of benzene rings is 1. The van der Waals surface area contributed by atoms with E-state index < -0.39 is 0 Å². The Balaban J connectivity index is 2.10. The van der Waals surface area contributed by atoms with Crippen LogP contribution in [-0.4, -0.2) is 9.91 Å². The van der Waals surface area contributed by atoms with Gasteiger partial charge in [0.1, 0.15) is 0 Å². The van der Waals surface area contributed by atoms with E-state index in [0.29, 0.717) is 0 Å². The van der Waals surface area contributed by atoms with Crippen LogP contribution in [0.15, 0.2) is 42.5 Å². The van der Waals surface area contributed by atoms with Crippen molar-refractivity contribution in [2.24, 2.45) is 0 Å². The molecule has 0 saturated carbocycles. The third-order valence-electron chi connectivity index (χ3n) is 2.57. The van der Waals surface area contributed by atoms with Crippen molar-refractivity contribution in [3.05, 3.63) is 52.6 Å². The minimum Gasteiger partial charge on any atom is -0.354 e. The number of aromatic nitrogens is 1.